The smallest absolute Gasteiger partial charge is 0.260 e. The van der Waals surface area contributed by atoms with Gasteiger partial charge in [-0.2, -0.15) is 0 Å². The van der Waals surface area contributed by atoms with Crippen LogP contribution in [-0.2, 0) is 9.53 Å². The normalized spacial score (nSPS) is 28.0. The number of amides is 1. The van der Waals surface area contributed by atoms with Crippen LogP contribution >= 0.6 is 0 Å². The van der Waals surface area contributed by atoms with Crippen LogP contribution in [0.5, 0.6) is 5.75 Å². The predicted molar refractivity (Wildman–Crippen MR) is 108 cm³/mol. The highest BCUT2D eigenvalue weighted by molar-refractivity contribution is 5.78. The van der Waals surface area contributed by atoms with Crippen LogP contribution in [0.25, 0.3) is 0 Å². The van der Waals surface area contributed by atoms with Gasteiger partial charge in [0.15, 0.2) is 6.61 Å². The molecule has 0 spiro atoms. The molecule has 2 fully saturated rings. The SMILES string of the molecule is CC[C@@H]1CN(C(=O)COc2ccccc2)[C@H](CO)[C@@H]1CN1CCC[C@@H]1COC. The van der Waals surface area contributed by atoms with Crippen molar-refractivity contribution in [3.05, 3.63) is 30.3 Å². The maximum Gasteiger partial charge on any atom is 0.260 e. The Hall–Kier alpha value is -1.63. The molecule has 2 saturated heterocycles. The van der Waals surface area contributed by atoms with Crippen LogP contribution in [0.3, 0.4) is 0 Å². The minimum Gasteiger partial charge on any atom is -0.484 e. The molecule has 1 aromatic carbocycles. The standard InChI is InChI=1S/C22H34N2O4/c1-3-17-12-24(22(26)16-28-19-9-5-4-6-10-19)21(14-25)20(17)13-23-11-7-8-18(23)15-27-2/h4-6,9-10,17-18,20-21,25H,3,7-8,11-16H2,1-2H3/t17-,18-,20-,21-/m1/s1. The summed E-state index contributed by atoms with van der Waals surface area (Å²) in [7, 11) is 1.75. The number of hydrogen-bond donors (Lipinski definition) is 1. The Kier molecular flexibility index (Phi) is 7.71. The number of carbonyl (C=O) groups excluding carboxylic acids is 1. The molecule has 0 aromatic heterocycles. The first-order valence-electron chi connectivity index (χ1n) is 10.5. The molecule has 0 unspecified atom stereocenters. The van der Waals surface area contributed by atoms with Gasteiger partial charge in [-0.25, -0.2) is 0 Å². The molecular weight excluding hydrogens is 356 g/mol. The first kappa shape index (κ1) is 21.1. The van der Waals surface area contributed by atoms with Gasteiger partial charge in [0.1, 0.15) is 5.75 Å². The lowest BCUT2D eigenvalue weighted by Gasteiger charge is -2.32. The molecule has 156 valence electrons. The lowest BCUT2D eigenvalue weighted by molar-refractivity contribution is -0.135. The van der Waals surface area contributed by atoms with Gasteiger partial charge in [-0.1, -0.05) is 31.5 Å². The molecule has 28 heavy (non-hydrogen) atoms. The van der Waals surface area contributed by atoms with E-state index in [4.69, 9.17) is 9.47 Å². The van der Waals surface area contributed by atoms with Crippen LogP contribution in [0.2, 0.25) is 0 Å². The summed E-state index contributed by atoms with van der Waals surface area (Å²) < 4.78 is 11.0. The fourth-order valence-electron chi connectivity index (χ4n) is 4.82. The zero-order valence-corrected chi connectivity index (χ0v) is 17.1. The highest BCUT2D eigenvalue weighted by Gasteiger charge is 2.44. The van der Waals surface area contributed by atoms with Gasteiger partial charge >= 0.3 is 0 Å². The Morgan fingerprint density at radius 3 is 2.75 bits per heavy atom. The van der Waals surface area contributed by atoms with Crippen molar-refractivity contribution in [2.75, 3.05) is 46.6 Å². The lowest BCUT2D eigenvalue weighted by Crippen LogP contribution is -2.46. The second kappa shape index (κ2) is 10.2. The third-order valence-corrected chi connectivity index (χ3v) is 6.37. The van der Waals surface area contributed by atoms with E-state index in [2.05, 4.69) is 11.8 Å². The molecule has 0 aliphatic carbocycles. The average Bonchev–Trinajstić information content (AvgIpc) is 3.31. The Balaban J connectivity index is 1.63. The molecule has 1 aromatic rings. The van der Waals surface area contributed by atoms with Crippen molar-refractivity contribution in [2.24, 2.45) is 11.8 Å². The van der Waals surface area contributed by atoms with Crippen LogP contribution in [0.15, 0.2) is 30.3 Å². The molecular formula is C22H34N2O4. The third kappa shape index (κ3) is 4.85. The Morgan fingerprint density at radius 2 is 2.07 bits per heavy atom. The summed E-state index contributed by atoms with van der Waals surface area (Å²) in [6.45, 7) is 5.64. The van der Waals surface area contributed by atoms with Gasteiger partial charge in [0.25, 0.3) is 5.91 Å². The maximum absolute atomic E-state index is 12.9. The summed E-state index contributed by atoms with van der Waals surface area (Å²) in [6, 6.07) is 9.71. The minimum absolute atomic E-state index is 0.00102. The summed E-state index contributed by atoms with van der Waals surface area (Å²) in [5.41, 5.74) is 0. The number of methoxy groups -OCH3 is 1. The molecule has 3 rings (SSSR count). The summed E-state index contributed by atoms with van der Waals surface area (Å²) in [6.07, 6.45) is 3.36. The average molecular weight is 391 g/mol. The summed E-state index contributed by atoms with van der Waals surface area (Å²) in [4.78, 5) is 17.2. The van der Waals surface area contributed by atoms with Gasteiger partial charge in [-0.05, 0) is 43.4 Å². The van der Waals surface area contributed by atoms with Crippen molar-refractivity contribution in [1.29, 1.82) is 0 Å². The molecule has 2 aliphatic heterocycles. The number of benzene rings is 1. The van der Waals surface area contributed by atoms with E-state index in [-0.39, 0.29) is 31.1 Å². The molecule has 0 saturated carbocycles. The van der Waals surface area contributed by atoms with E-state index in [1.54, 1.807) is 7.11 Å². The van der Waals surface area contributed by atoms with Gasteiger partial charge in [0, 0.05) is 26.2 Å². The summed E-state index contributed by atoms with van der Waals surface area (Å²) in [5, 5.41) is 10.1. The van der Waals surface area contributed by atoms with Crippen LogP contribution in [0, 0.1) is 11.8 Å². The highest BCUT2D eigenvalue weighted by Crippen LogP contribution is 2.34. The van der Waals surface area contributed by atoms with Crippen LogP contribution in [0.4, 0.5) is 0 Å². The van der Waals surface area contributed by atoms with Crippen molar-refractivity contribution in [1.82, 2.24) is 9.80 Å². The minimum atomic E-state index is -0.138. The monoisotopic (exact) mass is 390 g/mol. The van der Waals surface area contributed by atoms with E-state index in [0.29, 0.717) is 24.3 Å². The second-order valence-corrected chi connectivity index (χ2v) is 7.98. The number of carbonyl (C=O) groups is 1. The van der Waals surface area contributed by atoms with Crippen LogP contribution in [0.1, 0.15) is 26.2 Å². The fraction of sp³-hybridized carbons (Fsp3) is 0.682. The fourth-order valence-corrected chi connectivity index (χ4v) is 4.82. The van der Waals surface area contributed by atoms with E-state index in [1.807, 2.05) is 35.2 Å². The van der Waals surface area contributed by atoms with E-state index < -0.39 is 0 Å². The van der Waals surface area contributed by atoms with Crippen molar-refractivity contribution in [3.8, 4) is 5.75 Å². The molecule has 1 amide bonds. The first-order chi connectivity index (χ1) is 13.7. The van der Waals surface area contributed by atoms with Gasteiger partial charge in [0.2, 0.25) is 0 Å². The zero-order valence-electron chi connectivity index (χ0n) is 17.1. The number of ether oxygens (including phenoxy) is 2. The van der Waals surface area contributed by atoms with Gasteiger partial charge in [-0.15, -0.1) is 0 Å². The van der Waals surface area contributed by atoms with E-state index >= 15 is 0 Å². The molecule has 4 atom stereocenters. The van der Waals surface area contributed by atoms with Crippen LogP contribution < -0.4 is 4.74 Å². The number of hydrogen-bond acceptors (Lipinski definition) is 5. The molecule has 2 aliphatic rings. The first-order valence-corrected chi connectivity index (χ1v) is 10.5. The van der Waals surface area contributed by atoms with Gasteiger partial charge in [0.05, 0.1) is 19.3 Å². The quantitative estimate of drug-likeness (QED) is 0.699. The molecule has 6 heteroatoms. The second-order valence-electron chi connectivity index (χ2n) is 7.98. The largest absolute Gasteiger partial charge is 0.484 e. The highest BCUT2D eigenvalue weighted by atomic mass is 16.5. The number of nitrogens with zero attached hydrogens (tertiary/aromatic N) is 2. The Morgan fingerprint density at radius 1 is 1.29 bits per heavy atom. The Bertz CT molecular complexity index is 612. The number of rotatable bonds is 9. The van der Waals surface area contributed by atoms with E-state index in [0.717, 1.165) is 32.5 Å². The van der Waals surface area contributed by atoms with Gasteiger partial charge < -0.3 is 19.5 Å². The van der Waals surface area contributed by atoms with Crippen molar-refractivity contribution < 1.29 is 19.4 Å². The number of aliphatic hydroxyl groups is 1. The number of likely N-dealkylation sites (tertiary alicyclic amines) is 2. The zero-order chi connectivity index (χ0) is 19.9. The molecule has 1 N–H and O–H groups in total. The van der Waals surface area contributed by atoms with Crippen molar-refractivity contribution >= 4 is 5.91 Å². The Labute approximate surface area is 168 Å². The topological polar surface area (TPSA) is 62.2 Å². The molecule has 0 bridgehead atoms. The van der Waals surface area contributed by atoms with Gasteiger partial charge in [-0.3, -0.25) is 9.69 Å². The molecule has 6 nitrogen and oxygen atoms in total. The van der Waals surface area contributed by atoms with Crippen molar-refractivity contribution in [2.45, 2.75) is 38.3 Å². The third-order valence-electron chi connectivity index (χ3n) is 6.37. The number of aliphatic hydroxyl groups excluding tert-OH is 1. The summed E-state index contributed by atoms with van der Waals surface area (Å²) in [5.74, 6) is 1.34. The lowest BCUT2D eigenvalue weighted by atomic mass is 9.88. The molecule has 0 radical (unpaired) electrons. The number of para-hydroxylation sites is 1. The maximum atomic E-state index is 12.9. The predicted octanol–water partition coefficient (Wildman–Crippen LogP) is 2.02. The summed E-state index contributed by atoms with van der Waals surface area (Å²) >= 11 is 0. The van der Waals surface area contributed by atoms with E-state index in [1.165, 1.54) is 6.42 Å². The van der Waals surface area contributed by atoms with Crippen LogP contribution in [-0.4, -0.2) is 79.5 Å². The molecule has 2 heterocycles. The van der Waals surface area contributed by atoms with E-state index in [9.17, 15) is 9.90 Å². The van der Waals surface area contributed by atoms with Crippen molar-refractivity contribution in [3.63, 3.8) is 0 Å².